The number of halogens is 2. The van der Waals surface area contributed by atoms with Crippen LogP contribution in [0.3, 0.4) is 0 Å². The predicted molar refractivity (Wildman–Crippen MR) is 241 cm³/mol. The number of nitrogens with one attached hydrogen (secondary N) is 5. The molecule has 14 nitrogen and oxygen atoms in total. The number of nitrogens with zero attached hydrogens (tertiary/aromatic N) is 4. The summed E-state index contributed by atoms with van der Waals surface area (Å²) in [5, 5.41) is 20.0. The molecule has 4 heterocycles. The van der Waals surface area contributed by atoms with Gasteiger partial charge in [-0.05, 0) is 110 Å². The molecule has 334 valence electrons. The van der Waals surface area contributed by atoms with Gasteiger partial charge in [-0.3, -0.25) is 34.4 Å². The highest BCUT2D eigenvalue weighted by Crippen LogP contribution is 2.27. The first-order valence-electron chi connectivity index (χ1n) is 22.1. The van der Waals surface area contributed by atoms with Crippen molar-refractivity contribution in [2.24, 2.45) is 0 Å². The summed E-state index contributed by atoms with van der Waals surface area (Å²) in [4.78, 5) is 69.3. The smallest absolute Gasteiger partial charge is 0.258 e. The van der Waals surface area contributed by atoms with Crippen LogP contribution in [0.2, 0.25) is 0 Å². The topological polar surface area (TPSA) is 172 Å². The van der Waals surface area contributed by atoms with Crippen LogP contribution in [-0.4, -0.2) is 101 Å². The van der Waals surface area contributed by atoms with Crippen LogP contribution < -0.4 is 26.2 Å². The van der Waals surface area contributed by atoms with Crippen LogP contribution in [0.5, 0.6) is 0 Å². The minimum absolute atomic E-state index is 0.0713. The van der Waals surface area contributed by atoms with E-state index in [-0.39, 0.29) is 35.6 Å². The fourth-order valence-electron chi connectivity index (χ4n) is 8.75. The number of rotatable bonds is 15. The molecule has 3 aliphatic heterocycles. The van der Waals surface area contributed by atoms with Gasteiger partial charge in [-0.1, -0.05) is 24.6 Å². The molecule has 16 heteroatoms. The van der Waals surface area contributed by atoms with E-state index < -0.39 is 17.7 Å². The monoisotopic (exact) mass is 873 g/mol. The van der Waals surface area contributed by atoms with E-state index in [0.717, 1.165) is 68.2 Å². The van der Waals surface area contributed by atoms with E-state index >= 15 is 0 Å². The molecule has 8 rings (SSSR count). The quantitative estimate of drug-likeness (QED) is 0.0574. The Morgan fingerprint density at radius 3 is 2.11 bits per heavy atom. The number of carbonyl (C=O) groups excluding carboxylic acids is 5. The first-order chi connectivity index (χ1) is 31.0. The zero-order chi connectivity index (χ0) is 44.6. The number of imide groups is 1. The van der Waals surface area contributed by atoms with Crippen LogP contribution in [0.15, 0.2) is 84.9 Å². The summed E-state index contributed by atoms with van der Waals surface area (Å²) in [5.41, 5.74) is 5.01. The number of unbranched alkanes of at least 4 members (excludes halogenated alkanes) is 2. The van der Waals surface area contributed by atoms with E-state index in [1.807, 2.05) is 64.4 Å². The number of H-pyrrole nitrogens is 1. The molecule has 3 fully saturated rings. The Kier molecular flexibility index (Phi) is 13.8. The molecule has 3 saturated heterocycles. The van der Waals surface area contributed by atoms with Crippen LogP contribution in [-0.2, 0) is 25.6 Å². The second-order valence-corrected chi connectivity index (χ2v) is 16.8. The Balaban J connectivity index is 0.724. The highest BCUT2D eigenvalue weighted by molar-refractivity contribution is 6.10. The Hall–Kier alpha value is -6.84. The maximum Gasteiger partial charge on any atom is 0.258 e. The fraction of sp³-hybridized carbons (Fsp3) is 0.375. The number of piperazine rings is 1. The number of piperidine rings is 2. The molecule has 0 aliphatic carbocycles. The molecule has 0 bridgehead atoms. The number of likely N-dealkylation sites (tertiary alicyclic amines) is 1. The number of benzene rings is 4. The number of para-hydroxylation sites is 1. The second kappa shape index (κ2) is 20.1. The maximum atomic E-state index is 13.8. The molecule has 5 amide bonds. The van der Waals surface area contributed by atoms with Crippen LogP contribution in [0.4, 0.5) is 31.7 Å². The number of aromatic amines is 1. The van der Waals surface area contributed by atoms with Crippen molar-refractivity contribution in [2.45, 2.75) is 76.3 Å². The van der Waals surface area contributed by atoms with Gasteiger partial charge < -0.3 is 30.7 Å². The lowest BCUT2D eigenvalue weighted by Crippen LogP contribution is -2.48. The summed E-state index contributed by atoms with van der Waals surface area (Å²) in [5.74, 6) is -1.54. The molecule has 4 aromatic carbocycles. The van der Waals surface area contributed by atoms with Gasteiger partial charge in [0.1, 0.15) is 17.7 Å². The Labute approximate surface area is 370 Å². The van der Waals surface area contributed by atoms with E-state index in [0.29, 0.717) is 91.8 Å². The lowest BCUT2D eigenvalue weighted by Gasteiger charge is -2.36. The number of aromatic nitrogens is 2. The lowest BCUT2D eigenvalue weighted by atomic mass is 10.0. The SMILES string of the molecule is O=C1CCC(Nc2ccc(N3CCN(C(=O)CCCCCC(=O)N4CCC(Nc5ccccc5C(=O)Nc5n[nH]c6ccc(Cc7cc(F)cc(F)c7)cc56)CC4)CC3)cc2)C(=O)N1. The molecule has 0 saturated carbocycles. The van der Waals surface area contributed by atoms with E-state index in [1.165, 1.54) is 12.1 Å². The van der Waals surface area contributed by atoms with E-state index in [2.05, 4.69) is 36.4 Å². The number of carbonyl (C=O) groups is 5. The maximum absolute atomic E-state index is 13.8. The van der Waals surface area contributed by atoms with Crippen molar-refractivity contribution in [1.82, 2.24) is 25.3 Å². The summed E-state index contributed by atoms with van der Waals surface area (Å²) in [7, 11) is 0. The van der Waals surface area contributed by atoms with Crippen LogP contribution in [0.25, 0.3) is 10.9 Å². The Morgan fingerprint density at radius 2 is 1.41 bits per heavy atom. The van der Waals surface area contributed by atoms with Gasteiger partial charge in [-0.25, -0.2) is 8.78 Å². The van der Waals surface area contributed by atoms with Crippen molar-refractivity contribution >= 4 is 63.3 Å². The summed E-state index contributed by atoms with van der Waals surface area (Å²) in [6.07, 6.45) is 5.75. The molecule has 1 aromatic heterocycles. The molecular weight excluding hydrogens is 821 g/mol. The highest BCUT2D eigenvalue weighted by atomic mass is 19.1. The number of hydrogen-bond donors (Lipinski definition) is 5. The predicted octanol–water partition coefficient (Wildman–Crippen LogP) is 6.60. The van der Waals surface area contributed by atoms with Crippen LogP contribution in [0.1, 0.15) is 79.3 Å². The summed E-state index contributed by atoms with van der Waals surface area (Å²) >= 11 is 0. The van der Waals surface area contributed by atoms with Crippen molar-refractivity contribution in [1.29, 1.82) is 0 Å². The molecule has 0 radical (unpaired) electrons. The van der Waals surface area contributed by atoms with Crippen molar-refractivity contribution < 1.29 is 32.8 Å². The van der Waals surface area contributed by atoms with Gasteiger partial charge in [-0.2, -0.15) is 5.10 Å². The van der Waals surface area contributed by atoms with Crippen LogP contribution in [0, 0.1) is 11.6 Å². The third kappa shape index (κ3) is 11.0. The fourth-order valence-corrected chi connectivity index (χ4v) is 8.75. The average Bonchev–Trinajstić information content (AvgIpc) is 3.68. The first-order valence-corrected chi connectivity index (χ1v) is 22.1. The molecule has 0 spiro atoms. The summed E-state index contributed by atoms with van der Waals surface area (Å²) in [6, 6.07) is 23.7. The average molecular weight is 874 g/mol. The van der Waals surface area contributed by atoms with Gasteiger partial charge >= 0.3 is 0 Å². The summed E-state index contributed by atoms with van der Waals surface area (Å²) in [6.45, 7) is 3.98. The normalized spacial score (nSPS) is 17.0. The van der Waals surface area contributed by atoms with Gasteiger partial charge in [0, 0.05) is 93.1 Å². The second-order valence-electron chi connectivity index (χ2n) is 16.8. The Morgan fingerprint density at radius 1 is 0.719 bits per heavy atom. The first kappa shape index (κ1) is 43.8. The van der Waals surface area contributed by atoms with Gasteiger partial charge in [-0.15, -0.1) is 0 Å². The number of amides is 5. The largest absolute Gasteiger partial charge is 0.382 e. The molecule has 1 unspecified atom stereocenters. The summed E-state index contributed by atoms with van der Waals surface area (Å²) < 4.78 is 27.6. The number of anilines is 4. The van der Waals surface area contributed by atoms with Crippen molar-refractivity contribution in [3.63, 3.8) is 0 Å². The van der Waals surface area contributed by atoms with E-state index in [1.54, 1.807) is 12.1 Å². The molecular formula is C48H53F2N9O5. The van der Waals surface area contributed by atoms with Crippen molar-refractivity contribution in [3.8, 4) is 0 Å². The third-order valence-corrected chi connectivity index (χ3v) is 12.3. The van der Waals surface area contributed by atoms with Crippen molar-refractivity contribution in [2.75, 3.05) is 60.1 Å². The standard InChI is InChI=1S/C48H53F2N9O5/c49-33-27-32(28-34(50)30-33)26-31-10-15-41-39(29-31)46(56-55-41)54-47(63)38-6-4-5-7-40(38)51-36-18-20-58(21-19-36)44(61)8-2-1-3-9-45(62)59-24-22-57(23-25-59)37-13-11-35(12-14-37)52-42-16-17-43(60)53-48(42)64/h4-7,10-15,27-30,36,42,51-52H,1-3,8-9,16-26H2,(H,53,60,64)(H2,54,55,56,63). The highest BCUT2D eigenvalue weighted by Gasteiger charge is 2.27. The third-order valence-electron chi connectivity index (χ3n) is 12.3. The number of fused-ring (bicyclic) bond motifs is 1. The van der Waals surface area contributed by atoms with Crippen molar-refractivity contribution in [3.05, 3.63) is 113 Å². The molecule has 64 heavy (non-hydrogen) atoms. The van der Waals surface area contributed by atoms with E-state index in [9.17, 15) is 32.8 Å². The zero-order valence-corrected chi connectivity index (χ0v) is 35.6. The molecule has 5 aromatic rings. The lowest BCUT2D eigenvalue weighted by molar-refractivity contribution is -0.134. The minimum Gasteiger partial charge on any atom is -0.382 e. The molecule has 3 aliphatic rings. The van der Waals surface area contributed by atoms with Gasteiger partial charge in [0.2, 0.25) is 23.6 Å². The molecule has 5 N–H and O–H groups in total. The van der Waals surface area contributed by atoms with E-state index in [4.69, 9.17) is 0 Å². The zero-order valence-electron chi connectivity index (χ0n) is 35.6. The molecule has 1 atom stereocenters. The van der Waals surface area contributed by atoms with Gasteiger partial charge in [0.05, 0.1) is 11.1 Å². The van der Waals surface area contributed by atoms with Crippen LogP contribution >= 0.6 is 0 Å². The Bertz CT molecular complexity index is 2480. The van der Waals surface area contributed by atoms with Gasteiger partial charge in [0.25, 0.3) is 5.91 Å². The van der Waals surface area contributed by atoms with Gasteiger partial charge in [0.15, 0.2) is 5.82 Å². The minimum atomic E-state index is -0.637. The number of hydrogen-bond acceptors (Lipinski definition) is 9.